The third kappa shape index (κ3) is 3.44. The van der Waals surface area contributed by atoms with E-state index in [4.69, 9.17) is 10.2 Å². The monoisotopic (exact) mass is 233 g/mol. The van der Waals surface area contributed by atoms with Gasteiger partial charge in [-0.2, -0.15) is 0 Å². The van der Waals surface area contributed by atoms with Gasteiger partial charge >= 0.3 is 12.0 Å². The van der Waals surface area contributed by atoms with E-state index in [2.05, 4.69) is 20.1 Å². The van der Waals surface area contributed by atoms with Gasteiger partial charge in [0.05, 0.1) is 6.61 Å². The molecule has 2 amide bonds. The number of carbonyl (C=O) groups is 2. The van der Waals surface area contributed by atoms with Crippen molar-refractivity contribution in [2.75, 3.05) is 11.9 Å². The van der Waals surface area contributed by atoms with Gasteiger partial charge in [-0.25, -0.2) is 9.59 Å². The van der Waals surface area contributed by atoms with E-state index < -0.39 is 24.6 Å². The molecule has 0 bridgehead atoms. The predicted octanol–water partition coefficient (Wildman–Crippen LogP) is -1.50. The van der Waals surface area contributed by atoms with Crippen LogP contribution in [-0.4, -0.2) is 49.7 Å². The quantitative estimate of drug-likeness (QED) is 0.496. The first-order valence-electron chi connectivity index (χ1n) is 3.69. The van der Waals surface area contributed by atoms with E-state index >= 15 is 0 Å². The van der Waals surface area contributed by atoms with Gasteiger partial charge in [-0.3, -0.25) is 5.32 Å². The Labute approximate surface area is 87.3 Å². The number of carboxylic acid groups (broad SMARTS) is 1. The highest BCUT2D eigenvalue weighted by Gasteiger charge is 2.18. The number of rotatable bonds is 4. The fourth-order valence-electron chi connectivity index (χ4n) is 0.659. The molecule has 1 aromatic rings. The van der Waals surface area contributed by atoms with Gasteiger partial charge in [0.25, 0.3) is 0 Å². The summed E-state index contributed by atoms with van der Waals surface area (Å²) in [6.07, 6.45) is 0. The minimum absolute atomic E-state index is 0.134. The Kier molecular flexibility index (Phi) is 3.88. The van der Waals surface area contributed by atoms with Crippen molar-refractivity contribution in [2.45, 2.75) is 6.04 Å². The van der Waals surface area contributed by atoms with Crippen LogP contribution >= 0.6 is 11.5 Å². The van der Waals surface area contributed by atoms with Gasteiger partial charge in [0.2, 0.25) is 5.13 Å². The third-order valence-corrected chi connectivity index (χ3v) is 1.82. The molecule has 4 N–H and O–H groups in total. The normalized spacial score (nSPS) is 11.8. The standard InChI is InChI=1S/C5H7N5O4S/c11-1-2(3(12)13)6-4(14)7-5-8-9-10-15-5/h2,11H,1H2,(H,12,13)(H2,6,7,8,10,14)/t2-/m1/s1. The topological polar surface area (TPSA) is 137 Å². The molecule has 9 nitrogen and oxygen atoms in total. The zero-order valence-electron chi connectivity index (χ0n) is 7.25. The van der Waals surface area contributed by atoms with Crippen LogP contribution in [0.5, 0.6) is 0 Å². The van der Waals surface area contributed by atoms with Crippen LogP contribution in [-0.2, 0) is 4.79 Å². The summed E-state index contributed by atoms with van der Waals surface area (Å²) < 4.78 is 3.38. The summed E-state index contributed by atoms with van der Waals surface area (Å²) in [5, 5.41) is 28.1. The maximum absolute atomic E-state index is 11.1. The molecule has 0 spiro atoms. The van der Waals surface area contributed by atoms with Crippen LogP contribution in [0.2, 0.25) is 0 Å². The predicted molar refractivity (Wildman–Crippen MR) is 48.4 cm³/mol. The fraction of sp³-hybridized carbons (Fsp3) is 0.400. The molecule has 1 rings (SSSR count). The lowest BCUT2D eigenvalue weighted by atomic mass is 10.3. The molecule has 1 aromatic heterocycles. The minimum Gasteiger partial charge on any atom is -0.480 e. The average molecular weight is 233 g/mol. The van der Waals surface area contributed by atoms with Gasteiger partial charge in [-0.05, 0) is 5.21 Å². The van der Waals surface area contributed by atoms with Crippen molar-refractivity contribution in [3.05, 3.63) is 0 Å². The van der Waals surface area contributed by atoms with E-state index in [-0.39, 0.29) is 5.13 Å². The van der Waals surface area contributed by atoms with Crippen molar-refractivity contribution in [2.24, 2.45) is 0 Å². The molecule has 0 radical (unpaired) electrons. The highest BCUT2D eigenvalue weighted by molar-refractivity contribution is 7.09. The first-order valence-corrected chi connectivity index (χ1v) is 4.47. The van der Waals surface area contributed by atoms with E-state index in [0.717, 1.165) is 11.5 Å². The van der Waals surface area contributed by atoms with Gasteiger partial charge in [0.1, 0.15) is 0 Å². The number of aliphatic hydroxyl groups is 1. The van der Waals surface area contributed by atoms with Gasteiger partial charge < -0.3 is 15.5 Å². The van der Waals surface area contributed by atoms with Crippen LogP contribution in [0.3, 0.4) is 0 Å². The first kappa shape index (κ1) is 11.3. The molecule has 10 heteroatoms. The van der Waals surface area contributed by atoms with Crippen molar-refractivity contribution in [1.29, 1.82) is 0 Å². The number of urea groups is 1. The number of hydrogen-bond donors (Lipinski definition) is 4. The number of hydrogen-bond acceptors (Lipinski definition) is 7. The maximum atomic E-state index is 11.1. The van der Waals surface area contributed by atoms with Gasteiger partial charge in [0.15, 0.2) is 6.04 Å². The third-order valence-electron chi connectivity index (χ3n) is 1.31. The smallest absolute Gasteiger partial charge is 0.328 e. The first-order chi connectivity index (χ1) is 7.13. The van der Waals surface area contributed by atoms with Gasteiger partial charge in [0, 0.05) is 11.5 Å². The minimum atomic E-state index is -1.36. The van der Waals surface area contributed by atoms with Gasteiger partial charge in [-0.15, -0.1) is 0 Å². The molecular weight excluding hydrogens is 226 g/mol. The molecule has 0 aliphatic rings. The number of aromatic nitrogens is 3. The molecule has 0 fully saturated rings. The molecule has 82 valence electrons. The van der Waals surface area contributed by atoms with Crippen molar-refractivity contribution >= 4 is 28.7 Å². The molecule has 0 aromatic carbocycles. The number of amides is 2. The average Bonchev–Trinajstić information content (AvgIpc) is 2.66. The Morgan fingerprint density at radius 2 is 2.27 bits per heavy atom. The van der Waals surface area contributed by atoms with Crippen molar-refractivity contribution in [3.8, 4) is 0 Å². The lowest BCUT2D eigenvalue weighted by Crippen LogP contribution is -2.45. The number of nitrogens with zero attached hydrogens (tertiary/aromatic N) is 3. The SMILES string of the molecule is O=C(Nc1nnns1)N[C@H](CO)C(=O)O. The van der Waals surface area contributed by atoms with E-state index in [0.29, 0.717) is 0 Å². The lowest BCUT2D eigenvalue weighted by molar-refractivity contribution is -0.140. The summed E-state index contributed by atoms with van der Waals surface area (Å²) >= 11 is 0.840. The number of anilines is 1. The van der Waals surface area contributed by atoms with E-state index in [9.17, 15) is 9.59 Å². The summed E-state index contributed by atoms with van der Waals surface area (Å²) in [5.41, 5.74) is 0. The molecule has 1 atom stereocenters. The summed E-state index contributed by atoms with van der Waals surface area (Å²) in [7, 11) is 0. The number of carboxylic acids is 1. The second kappa shape index (κ2) is 5.17. The summed E-state index contributed by atoms with van der Waals surface area (Å²) in [5.74, 6) is -1.33. The van der Waals surface area contributed by atoms with Crippen molar-refractivity contribution < 1.29 is 19.8 Å². The maximum Gasteiger partial charge on any atom is 0.328 e. The summed E-state index contributed by atoms with van der Waals surface area (Å²) in [6, 6.07) is -2.15. The van der Waals surface area contributed by atoms with Crippen molar-refractivity contribution in [3.63, 3.8) is 0 Å². The Balaban J connectivity index is 2.45. The largest absolute Gasteiger partial charge is 0.480 e. The van der Waals surface area contributed by atoms with Crippen LogP contribution in [0.4, 0.5) is 9.93 Å². The van der Waals surface area contributed by atoms with E-state index in [1.54, 1.807) is 0 Å². The summed E-state index contributed by atoms with van der Waals surface area (Å²) in [6.45, 7) is -0.697. The van der Waals surface area contributed by atoms with Crippen LogP contribution in [0.1, 0.15) is 0 Å². The molecular formula is C5H7N5O4S. The fourth-order valence-corrected chi connectivity index (χ4v) is 1.02. The highest BCUT2D eigenvalue weighted by Crippen LogP contribution is 2.03. The molecule has 0 aliphatic heterocycles. The van der Waals surface area contributed by atoms with Crippen LogP contribution in [0, 0.1) is 0 Å². The molecule has 15 heavy (non-hydrogen) atoms. The Bertz CT molecular complexity index is 341. The second-order valence-corrected chi connectivity index (χ2v) is 3.07. The molecule has 0 aliphatic carbocycles. The van der Waals surface area contributed by atoms with Gasteiger partial charge in [-0.1, -0.05) is 9.59 Å². The Morgan fingerprint density at radius 3 is 2.73 bits per heavy atom. The Hall–Kier alpha value is -1.81. The zero-order valence-corrected chi connectivity index (χ0v) is 8.06. The molecule has 1 heterocycles. The molecule has 0 saturated carbocycles. The molecule has 0 saturated heterocycles. The number of nitrogens with one attached hydrogen (secondary N) is 2. The Morgan fingerprint density at radius 1 is 1.53 bits per heavy atom. The molecule has 0 unspecified atom stereocenters. The number of aliphatic carboxylic acids is 1. The van der Waals surface area contributed by atoms with E-state index in [1.807, 2.05) is 5.32 Å². The summed E-state index contributed by atoms with van der Waals surface area (Å²) in [4.78, 5) is 21.5. The highest BCUT2D eigenvalue weighted by atomic mass is 32.1. The van der Waals surface area contributed by atoms with E-state index in [1.165, 1.54) is 0 Å². The van der Waals surface area contributed by atoms with Crippen LogP contribution in [0.25, 0.3) is 0 Å². The number of carbonyl (C=O) groups excluding carboxylic acids is 1. The second-order valence-electron chi connectivity index (χ2n) is 2.34. The lowest BCUT2D eigenvalue weighted by Gasteiger charge is -2.10. The van der Waals surface area contributed by atoms with Crippen LogP contribution in [0.15, 0.2) is 0 Å². The van der Waals surface area contributed by atoms with Crippen molar-refractivity contribution in [1.82, 2.24) is 20.1 Å². The number of aliphatic hydroxyl groups excluding tert-OH is 1. The van der Waals surface area contributed by atoms with Crippen LogP contribution < -0.4 is 10.6 Å². The zero-order chi connectivity index (χ0) is 11.3.